The summed E-state index contributed by atoms with van der Waals surface area (Å²) in [5, 5.41) is 0. The number of nitrogens with zero attached hydrogens (tertiary/aromatic N) is 1. The van der Waals surface area contributed by atoms with Gasteiger partial charge in [0.25, 0.3) is 0 Å². The molecule has 2 N–H and O–H groups in total. The van der Waals surface area contributed by atoms with Crippen LogP contribution in [-0.4, -0.2) is 49.3 Å². The topological polar surface area (TPSA) is 55.6 Å². The number of methoxy groups -OCH3 is 1. The molecule has 0 saturated carbocycles. The van der Waals surface area contributed by atoms with Crippen LogP contribution in [0.3, 0.4) is 0 Å². The second-order valence-electron chi connectivity index (χ2n) is 4.44. The van der Waals surface area contributed by atoms with E-state index in [2.05, 4.69) is 0 Å². The minimum Gasteiger partial charge on any atom is -0.385 e. The molecule has 0 aliphatic rings. The number of ether oxygens (including phenoxy) is 1. The number of carbonyl (C=O) groups is 1. The standard InChI is InChI=1S/C12H23F3N2O2/c1-4-9(5-2)17(8-12(13,14)15)11(18)10(16)6-7-19-3/h9-10H,4-8,16H2,1-3H3. The first-order valence-electron chi connectivity index (χ1n) is 6.38. The monoisotopic (exact) mass is 284 g/mol. The largest absolute Gasteiger partial charge is 0.406 e. The Kier molecular flexibility index (Phi) is 8.01. The zero-order valence-corrected chi connectivity index (χ0v) is 11.7. The molecule has 7 heteroatoms. The van der Waals surface area contributed by atoms with Gasteiger partial charge in [-0.25, -0.2) is 0 Å². The predicted octanol–water partition coefficient (Wildman–Crippen LogP) is 1.93. The molecule has 0 aliphatic carbocycles. The molecule has 0 rings (SSSR count). The average Bonchev–Trinajstić information content (AvgIpc) is 2.33. The summed E-state index contributed by atoms with van der Waals surface area (Å²) in [7, 11) is 1.45. The number of alkyl halides is 3. The van der Waals surface area contributed by atoms with Crippen LogP contribution in [-0.2, 0) is 9.53 Å². The first-order valence-corrected chi connectivity index (χ1v) is 6.38. The van der Waals surface area contributed by atoms with E-state index in [9.17, 15) is 18.0 Å². The molecular weight excluding hydrogens is 261 g/mol. The third kappa shape index (κ3) is 6.77. The second-order valence-corrected chi connectivity index (χ2v) is 4.44. The lowest BCUT2D eigenvalue weighted by Gasteiger charge is -2.33. The molecule has 1 unspecified atom stereocenters. The van der Waals surface area contributed by atoms with Crippen LogP contribution in [0.15, 0.2) is 0 Å². The fourth-order valence-electron chi connectivity index (χ4n) is 1.89. The Morgan fingerprint density at radius 1 is 1.32 bits per heavy atom. The molecule has 4 nitrogen and oxygen atoms in total. The van der Waals surface area contributed by atoms with Crippen LogP contribution in [0.1, 0.15) is 33.1 Å². The van der Waals surface area contributed by atoms with E-state index in [4.69, 9.17) is 10.5 Å². The van der Waals surface area contributed by atoms with Crippen LogP contribution in [0.4, 0.5) is 13.2 Å². The van der Waals surface area contributed by atoms with E-state index in [0.717, 1.165) is 4.90 Å². The third-order valence-corrected chi connectivity index (χ3v) is 2.97. The fourth-order valence-corrected chi connectivity index (χ4v) is 1.89. The van der Waals surface area contributed by atoms with Crippen LogP contribution in [0, 0.1) is 0 Å². The van der Waals surface area contributed by atoms with E-state index in [1.54, 1.807) is 13.8 Å². The summed E-state index contributed by atoms with van der Waals surface area (Å²) in [6, 6.07) is -1.40. The van der Waals surface area contributed by atoms with Crippen LogP contribution < -0.4 is 5.73 Å². The Balaban J connectivity index is 4.85. The Bertz CT molecular complexity index is 268. The summed E-state index contributed by atoms with van der Waals surface area (Å²) in [4.78, 5) is 12.9. The van der Waals surface area contributed by atoms with E-state index in [1.165, 1.54) is 7.11 Å². The maximum absolute atomic E-state index is 12.6. The van der Waals surface area contributed by atoms with Gasteiger partial charge >= 0.3 is 6.18 Å². The van der Waals surface area contributed by atoms with Gasteiger partial charge in [0.15, 0.2) is 0 Å². The number of hydrogen-bond donors (Lipinski definition) is 1. The minimum absolute atomic E-state index is 0.212. The molecular formula is C12H23F3N2O2. The highest BCUT2D eigenvalue weighted by Crippen LogP contribution is 2.21. The van der Waals surface area contributed by atoms with Gasteiger partial charge in [0, 0.05) is 19.8 Å². The van der Waals surface area contributed by atoms with Crippen LogP contribution in [0.25, 0.3) is 0 Å². The smallest absolute Gasteiger partial charge is 0.385 e. The van der Waals surface area contributed by atoms with Crippen molar-refractivity contribution in [2.45, 2.75) is 51.4 Å². The van der Waals surface area contributed by atoms with Crippen molar-refractivity contribution in [2.75, 3.05) is 20.3 Å². The van der Waals surface area contributed by atoms with Crippen molar-refractivity contribution >= 4 is 5.91 Å². The van der Waals surface area contributed by atoms with Gasteiger partial charge < -0.3 is 15.4 Å². The van der Waals surface area contributed by atoms with Gasteiger partial charge in [0.1, 0.15) is 6.54 Å². The number of hydrogen-bond acceptors (Lipinski definition) is 3. The van der Waals surface area contributed by atoms with E-state index >= 15 is 0 Å². The molecule has 0 fully saturated rings. The van der Waals surface area contributed by atoms with Gasteiger partial charge in [-0.15, -0.1) is 0 Å². The van der Waals surface area contributed by atoms with Crippen molar-refractivity contribution < 1.29 is 22.7 Å². The van der Waals surface area contributed by atoms with Crippen molar-refractivity contribution in [1.29, 1.82) is 0 Å². The predicted molar refractivity (Wildman–Crippen MR) is 66.6 cm³/mol. The first-order chi connectivity index (χ1) is 8.76. The summed E-state index contributed by atoms with van der Waals surface area (Å²) < 4.78 is 42.4. The second kappa shape index (κ2) is 8.37. The minimum atomic E-state index is -4.42. The Morgan fingerprint density at radius 2 is 1.84 bits per heavy atom. The molecule has 0 aromatic rings. The lowest BCUT2D eigenvalue weighted by molar-refractivity contribution is -0.167. The Hall–Kier alpha value is -0.820. The van der Waals surface area contributed by atoms with Gasteiger partial charge in [-0.05, 0) is 19.3 Å². The summed E-state index contributed by atoms with van der Waals surface area (Å²) in [5.41, 5.74) is 5.63. The Morgan fingerprint density at radius 3 is 2.21 bits per heavy atom. The van der Waals surface area contributed by atoms with E-state index in [0.29, 0.717) is 12.8 Å². The van der Waals surface area contributed by atoms with Gasteiger partial charge in [-0.1, -0.05) is 13.8 Å². The van der Waals surface area contributed by atoms with E-state index in [1.807, 2.05) is 0 Å². The Labute approximate surface area is 112 Å². The van der Waals surface area contributed by atoms with Gasteiger partial charge in [0.2, 0.25) is 5.91 Å². The summed E-state index contributed by atoms with van der Waals surface area (Å²) in [6.07, 6.45) is -3.27. The highest BCUT2D eigenvalue weighted by molar-refractivity contribution is 5.82. The molecule has 19 heavy (non-hydrogen) atoms. The van der Waals surface area contributed by atoms with Crippen LogP contribution in [0.2, 0.25) is 0 Å². The van der Waals surface area contributed by atoms with Gasteiger partial charge in [-0.3, -0.25) is 4.79 Å². The number of nitrogens with two attached hydrogens (primary N) is 1. The summed E-state index contributed by atoms with van der Waals surface area (Å²) >= 11 is 0. The number of carbonyl (C=O) groups excluding carboxylic acids is 1. The lowest BCUT2D eigenvalue weighted by atomic mass is 10.1. The highest BCUT2D eigenvalue weighted by atomic mass is 19.4. The molecule has 114 valence electrons. The average molecular weight is 284 g/mol. The van der Waals surface area contributed by atoms with E-state index < -0.39 is 30.7 Å². The van der Waals surface area contributed by atoms with Crippen molar-refractivity contribution in [3.63, 3.8) is 0 Å². The molecule has 0 heterocycles. The van der Waals surface area contributed by atoms with Crippen LogP contribution in [0.5, 0.6) is 0 Å². The molecule has 0 aromatic carbocycles. The normalized spacial score (nSPS) is 13.7. The third-order valence-electron chi connectivity index (χ3n) is 2.97. The van der Waals surface area contributed by atoms with Crippen molar-refractivity contribution in [1.82, 2.24) is 4.90 Å². The summed E-state index contributed by atoms with van der Waals surface area (Å²) in [5.74, 6) is -0.664. The molecule has 0 bridgehead atoms. The molecule has 1 atom stereocenters. The SMILES string of the molecule is CCC(CC)N(CC(F)(F)F)C(=O)C(N)CCOC. The maximum Gasteiger partial charge on any atom is 0.406 e. The zero-order chi connectivity index (χ0) is 15.1. The first kappa shape index (κ1) is 18.2. The number of rotatable bonds is 8. The highest BCUT2D eigenvalue weighted by Gasteiger charge is 2.37. The lowest BCUT2D eigenvalue weighted by Crippen LogP contribution is -2.52. The molecule has 0 aromatic heterocycles. The van der Waals surface area contributed by atoms with E-state index in [-0.39, 0.29) is 13.0 Å². The van der Waals surface area contributed by atoms with Gasteiger partial charge in [-0.2, -0.15) is 13.2 Å². The van der Waals surface area contributed by atoms with Crippen molar-refractivity contribution in [2.24, 2.45) is 5.73 Å². The fraction of sp³-hybridized carbons (Fsp3) is 0.917. The quantitative estimate of drug-likeness (QED) is 0.741. The molecule has 0 saturated heterocycles. The molecule has 1 amide bonds. The number of halogens is 3. The molecule has 0 aliphatic heterocycles. The zero-order valence-electron chi connectivity index (χ0n) is 11.7. The number of amides is 1. The molecule has 0 spiro atoms. The van der Waals surface area contributed by atoms with Crippen molar-refractivity contribution in [3.05, 3.63) is 0 Å². The van der Waals surface area contributed by atoms with Crippen LogP contribution >= 0.6 is 0 Å². The maximum atomic E-state index is 12.6. The van der Waals surface area contributed by atoms with Gasteiger partial charge in [0.05, 0.1) is 6.04 Å². The summed E-state index contributed by atoms with van der Waals surface area (Å²) in [6.45, 7) is 2.51. The van der Waals surface area contributed by atoms with Crippen molar-refractivity contribution in [3.8, 4) is 0 Å². The molecule has 0 radical (unpaired) electrons.